The predicted molar refractivity (Wildman–Crippen MR) is 77.2 cm³/mol. The van der Waals surface area contributed by atoms with E-state index < -0.39 is 5.97 Å². The molecule has 0 amide bonds. The highest BCUT2D eigenvalue weighted by Crippen LogP contribution is 2.33. The van der Waals surface area contributed by atoms with Crippen molar-refractivity contribution in [3.05, 3.63) is 54.2 Å². The third-order valence-corrected chi connectivity index (χ3v) is 3.30. The number of aromatic amines is 1. The van der Waals surface area contributed by atoms with Gasteiger partial charge in [-0.15, -0.1) is 0 Å². The number of aromatic nitrogens is 1. The fraction of sp³-hybridized carbons (Fsp3) is 0.0625. The highest BCUT2D eigenvalue weighted by atomic mass is 16.5. The van der Waals surface area contributed by atoms with Gasteiger partial charge in [0.05, 0.1) is 7.11 Å². The van der Waals surface area contributed by atoms with E-state index in [1.807, 2.05) is 48.5 Å². The number of hydrogen-bond acceptors (Lipinski definition) is 2. The fourth-order valence-electron chi connectivity index (χ4n) is 2.36. The number of carboxylic acid groups (broad SMARTS) is 1. The van der Waals surface area contributed by atoms with Gasteiger partial charge in [-0.3, -0.25) is 0 Å². The Morgan fingerprint density at radius 3 is 2.45 bits per heavy atom. The molecule has 0 aliphatic rings. The molecule has 20 heavy (non-hydrogen) atoms. The van der Waals surface area contributed by atoms with Gasteiger partial charge in [-0.25, -0.2) is 4.79 Å². The molecule has 0 fully saturated rings. The van der Waals surface area contributed by atoms with Crippen LogP contribution in [0.3, 0.4) is 0 Å². The summed E-state index contributed by atoms with van der Waals surface area (Å²) in [7, 11) is 1.60. The molecule has 3 aromatic rings. The number of ether oxygens (including phenoxy) is 1. The number of H-pyrrole nitrogens is 1. The average Bonchev–Trinajstić information content (AvgIpc) is 2.87. The van der Waals surface area contributed by atoms with Gasteiger partial charge in [0.1, 0.15) is 11.4 Å². The Morgan fingerprint density at radius 2 is 1.80 bits per heavy atom. The van der Waals surface area contributed by atoms with Gasteiger partial charge >= 0.3 is 5.97 Å². The first-order valence-electron chi connectivity index (χ1n) is 6.19. The predicted octanol–water partition coefficient (Wildman–Crippen LogP) is 3.54. The van der Waals surface area contributed by atoms with Gasteiger partial charge in [0.2, 0.25) is 0 Å². The molecule has 1 aromatic heterocycles. The van der Waals surface area contributed by atoms with E-state index >= 15 is 0 Å². The van der Waals surface area contributed by atoms with Crippen molar-refractivity contribution in [3.63, 3.8) is 0 Å². The van der Waals surface area contributed by atoms with Gasteiger partial charge in [-0.1, -0.05) is 30.3 Å². The molecule has 0 spiro atoms. The van der Waals surface area contributed by atoms with Crippen LogP contribution in [0.1, 0.15) is 10.5 Å². The van der Waals surface area contributed by atoms with Gasteiger partial charge < -0.3 is 14.8 Å². The first-order chi connectivity index (χ1) is 9.70. The molecule has 0 saturated heterocycles. The lowest BCUT2D eigenvalue weighted by Crippen LogP contribution is -1.98. The van der Waals surface area contributed by atoms with Crippen molar-refractivity contribution in [1.82, 2.24) is 4.98 Å². The van der Waals surface area contributed by atoms with E-state index in [1.54, 1.807) is 7.11 Å². The monoisotopic (exact) mass is 267 g/mol. The molecule has 0 aliphatic carbocycles. The summed E-state index contributed by atoms with van der Waals surface area (Å²) in [6.45, 7) is 0. The average molecular weight is 267 g/mol. The molecule has 4 heteroatoms. The molecule has 0 radical (unpaired) electrons. The van der Waals surface area contributed by atoms with E-state index in [9.17, 15) is 9.90 Å². The molecular formula is C16H13NO3. The first-order valence-corrected chi connectivity index (χ1v) is 6.19. The zero-order valence-electron chi connectivity index (χ0n) is 10.9. The van der Waals surface area contributed by atoms with Gasteiger partial charge in [0.25, 0.3) is 0 Å². The van der Waals surface area contributed by atoms with Gasteiger partial charge in [-0.05, 0) is 23.8 Å². The molecule has 100 valence electrons. The number of hydrogen-bond donors (Lipinski definition) is 2. The second kappa shape index (κ2) is 4.74. The molecule has 2 aromatic carbocycles. The van der Waals surface area contributed by atoms with Crippen molar-refractivity contribution in [3.8, 4) is 16.9 Å². The molecule has 4 nitrogen and oxygen atoms in total. The van der Waals surface area contributed by atoms with Crippen LogP contribution < -0.4 is 4.74 Å². The molecule has 3 rings (SSSR count). The number of methoxy groups -OCH3 is 1. The topological polar surface area (TPSA) is 62.3 Å². The second-order valence-electron chi connectivity index (χ2n) is 4.45. The zero-order chi connectivity index (χ0) is 14.1. The Hall–Kier alpha value is -2.75. The van der Waals surface area contributed by atoms with E-state index in [4.69, 9.17) is 4.74 Å². The third kappa shape index (κ3) is 1.91. The lowest BCUT2D eigenvalue weighted by Gasteiger charge is -2.04. The van der Waals surface area contributed by atoms with Crippen LogP contribution in [0, 0.1) is 0 Å². The summed E-state index contributed by atoms with van der Waals surface area (Å²) in [5.41, 5.74) is 2.57. The van der Waals surface area contributed by atoms with E-state index in [0.29, 0.717) is 5.56 Å². The van der Waals surface area contributed by atoms with Crippen LogP contribution >= 0.6 is 0 Å². The molecule has 2 N–H and O–H groups in total. The largest absolute Gasteiger partial charge is 0.497 e. The molecule has 0 bridgehead atoms. The Labute approximate surface area is 115 Å². The summed E-state index contributed by atoms with van der Waals surface area (Å²) >= 11 is 0. The maximum Gasteiger partial charge on any atom is 0.352 e. The van der Waals surface area contributed by atoms with Gasteiger partial charge in [0, 0.05) is 16.5 Å². The molecule has 0 aliphatic heterocycles. The number of nitrogens with one attached hydrogen (secondary N) is 1. The second-order valence-corrected chi connectivity index (χ2v) is 4.45. The molecule has 0 unspecified atom stereocenters. The maximum absolute atomic E-state index is 11.4. The van der Waals surface area contributed by atoms with Crippen LogP contribution in [0.4, 0.5) is 0 Å². The van der Waals surface area contributed by atoms with E-state index in [-0.39, 0.29) is 5.69 Å². The van der Waals surface area contributed by atoms with Crippen molar-refractivity contribution in [1.29, 1.82) is 0 Å². The number of para-hydroxylation sites is 1. The minimum Gasteiger partial charge on any atom is -0.497 e. The van der Waals surface area contributed by atoms with Crippen molar-refractivity contribution < 1.29 is 14.6 Å². The molecule has 1 heterocycles. The van der Waals surface area contributed by atoms with Crippen molar-refractivity contribution in [2.75, 3.05) is 7.11 Å². The van der Waals surface area contributed by atoms with E-state index in [1.165, 1.54) is 0 Å². The number of aromatic carboxylic acids is 1. The standard InChI is InChI=1S/C16H13NO3/c1-20-11-8-6-10(7-9-11)14-12-4-2-3-5-13(12)17-15(14)16(18)19/h2-9,17H,1H3,(H,18,19). The van der Waals surface area contributed by atoms with Crippen LogP contribution in [-0.4, -0.2) is 23.2 Å². The Bertz CT molecular complexity index is 772. The summed E-state index contributed by atoms with van der Waals surface area (Å²) in [5, 5.41) is 10.3. The number of rotatable bonds is 3. The van der Waals surface area contributed by atoms with Crippen molar-refractivity contribution in [2.45, 2.75) is 0 Å². The summed E-state index contributed by atoms with van der Waals surface area (Å²) in [4.78, 5) is 14.4. The minimum absolute atomic E-state index is 0.205. The number of benzene rings is 2. The first kappa shape index (κ1) is 12.3. The van der Waals surface area contributed by atoms with Crippen LogP contribution in [0.15, 0.2) is 48.5 Å². The molecular weight excluding hydrogens is 254 g/mol. The summed E-state index contributed by atoms with van der Waals surface area (Å²) < 4.78 is 5.13. The van der Waals surface area contributed by atoms with E-state index in [2.05, 4.69) is 4.98 Å². The summed E-state index contributed by atoms with van der Waals surface area (Å²) in [6, 6.07) is 14.9. The summed E-state index contributed by atoms with van der Waals surface area (Å²) in [5.74, 6) is -0.225. The Balaban J connectivity index is 2.27. The van der Waals surface area contributed by atoms with E-state index in [0.717, 1.165) is 22.2 Å². The number of carbonyl (C=O) groups is 1. The van der Waals surface area contributed by atoms with Crippen LogP contribution in [0.5, 0.6) is 5.75 Å². The van der Waals surface area contributed by atoms with Crippen molar-refractivity contribution in [2.24, 2.45) is 0 Å². The maximum atomic E-state index is 11.4. The van der Waals surface area contributed by atoms with Crippen LogP contribution in [0.2, 0.25) is 0 Å². The lowest BCUT2D eigenvalue weighted by atomic mass is 10.0. The highest BCUT2D eigenvalue weighted by molar-refractivity contribution is 6.07. The minimum atomic E-state index is -0.966. The number of carboxylic acids is 1. The molecule has 0 atom stereocenters. The quantitative estimate of drug-likeness (QED) is 0.763. The van der Waals surface area contributed by atoms with Gasteiger partial charge in [-0.2, -0.15) is 0 Å². The SMILES string of the molecule is COc1ccc(-c2c(C(=O)O)[nH]c3ccccc23)cc1. The lowest BCUT2D eigenvalue weighted by molar-refractivity contribution is 0.0692. The molecule has 0 saturated carbocycles. The van der Waals surface area contributed by atoms with Crippen LogP contribution in [-0.2, 0) is 0 Å². The van der Waals surface area contributed by atoms with Crippen molar-refractivity contribution >= 4 is 16.9 Å². The third-order valence-electron chi connectivity index (χ3n) is 3.30. The Morgan fingerprint density at radius 1 is 1.10 bits per heavy atom. The number of fused-ring (bicyclic) bond motifs is 1. The van der Waals surface area contributed by atoms with Gasteiger partial charge in [0.15, 0.2) is 0 Å². The normalized spacial score (nSPS) is 10.7. The summed E-state index contributed by atoms with van der Waals surface area (Å²) in [6.07, 6.45) is 0. The zero-order valence-corrected chi connectivity index (χ0v) is 10.9. The Kier molecular flexibility index (Phi) is 2.91. The highest BCUT2D eigenvalue weighted by Gasteiger charge is 2.18. The fourth-order valence-corrected chi connectivity index (χ4v) is 2.36. The van der Waals surface area contributed by atoms with Crippen LogP contribution in [0.25, 0.3) is 22.0 Å². The smallest absolute Gasteiger partial charge is 0.352 e.